The van der Waals surface area contributed by atoms with E-state index in [9.17, 15) is 9.18 Å². The molecule has 2 aromatic rings. The van der Waals surface area contributed by atoms with Crippen molar-refractivity contribution < 1.29 is 13.9 Å². The highest BCUT2D eigenvalue weighted by Gasteiger charge is 2.26. The van der Waals surface area contributed by atoms with Crippen molar-refractivity contribution in [1.82, 2.24) is 9.80 Å². The van der Waals surface area contributed by atoms with Gasteiger partial charge in [-0.1, -0.05) is 12.1 Å². The first-order valence-corrected chi connectivity index (χ1v) is 11.0. The molecule has 0 unspecified atom stereocenters. The van der Waals surface area contributed by atoms with Gasteiger partial charge >= 0.3 is 6.09 Å². The molecule has 0 aromatic heterocycles. The summed E-state index contributed by atoms with van der Waals surface area (Å²) in [4.78, 5) is 20.4. The lowest BCUT2D eigenvalue weighted by Crippen LogP contribution is -2.49. The average molecular weight is 455 g/mol. The van der Waals surface area contributed by atoms with Crippen molar-refractivity contribution in [2.45, 2.75) is 32.9 Å². The minimum absolute atomic E-state index is 0.279. The summed E-state index contributed by atoms with van der Waals surface area (Å²) in [7, 11) is 0. The minimum Gasteiger partial charge on any atom is -0.444 e. The quantitative estimate of drug-likeness (QED) is 0.662. The molecule has 4 rings (SSSR count). The number of carbonyl (C=O) groups is 1. The standard InChI is InChI=1S/C25H26ClFN3O2/c1-25(2,3)32-24(31)30-12-10-29(11-13-30)16-17-4-6-19(22(27)14-17)18-5-7-23-20(15-18)21(26)8-9-28-23/h4-7,9,14-15H,10-13,16H2,1-3H3/q+1. The van der Waals surface area contributed by atoms with Crippen LogP contribution in [0.1, 0.15) is 26.3 Å². The largest absolute Gasteiger partial charge is 0.444 e. The maximum absolute atomic E-state index is 15.0. The summed E-state index contributed by atoms with van der Waals surface area (Å²) in [5, 5.41) is 1.97. The number of hydrogen-bond acceptors (Lipinski definition) is 4. The highest BCUT2D eigenvalue weighted by Crippen LogP contribution is 2.23. The highest BCUT2D eigenvalue weighted by atomic mass is 35.5. The summed E-state index contributed by atoms with van der Waals surface area (Å²) in [6.45, 7) is 8.84. The van der Waals surface area contributed by atoms with E-state index in [0.29, 0.717) is 30.2 Å². The van der Waals surface area contributed by atoms with Gasteiger partial charge in [0.25, 0.3) is 5.03 Å². The Balaban J connectivity index is 1.42. The number of benzene rings is 2. The molecule has 2 aliphatic rings. The van der Waals surface area contributed by atoms with Gasteiger partial charge in [-0.25, -0.2) is 14.2 Å². The van der Waals surface area contributed by atoms with Gasteiger partial charge in [0.1, 0.15) is 17.5 Å². The topological polar surface area (TPSA) is 45.1 Å². The van der Waals surface area contributed by atoms with Crippen LogP contribution >= 0.6 is 11.6 Å². The van der Waals surface area contributed by atoms with Gasteiger partial charge in [0.15, 0.2) is 16.8 Å². The van der Waals surface area contributed by atoms with E-state index in [1.807, 2.05) is 45.0 Å². The number of halogens is 2. The molecule has 0 aliphatic carbocycles. The van der Waals surface area contributed by atoms with Gasteiger partial charge in [0.05, 0.1) is 0 Å². The van der Waals surface area contributed by atoms with Crippen molar-refractivity contribution in [3.05, 3.63) is 70.6 Å². The van der Waals surface area contributed by atoms with Gasteiger partial charge in [-0.15, -0.1) is 0 Å². The van der Waals surface area contributed by atoms with Gasteiger partial charge in [-0.3, -0.25) is 4.90 Å². The number of rotatable bonds is 3. The van der Waals surface area contributed by atoms with Crippen LogP contribution in [0.2, 0.25) is 0 Å². The number of hydrogen-bond donors (Lipinski definition) is 0. The normalized spacial score (nSPS) is 16.3. The Kier molecular flexibility index (Phi) is 6.29. The molecule has 2 aliphatic heterocycles. The second-order valence-electron chi connectivity index (χ2n) is 9.01. The van der Waals surface area contributed by atoms with Gasteiger partial charge in [0.2, 0.25) is 0 Å². The van der Waals surface area contributed by atoms with Gasteiger partial charge in [0, 0.05) is 49.9 Å². The van der Waals surface area contributed by atoms with Crippen molar-refractivity contribution in [1.29, 1.82) is 0 Å². The number of fused-ring (bicyclic) bond motifs is 1. The fourth-order valence-corrected chi connectivity index (χ4v) is 3.99. The summed E-state index contributed by atoms with van der Waals surface area (Å²) in [5.74, 6) is -0.279. The Hall–Kier alpha value is -2.79. The Labute approximate surface area is 192 Å². The second kappa shape index (κ2) is 8.99. The van der Waals surface area contributed by atoms with Crippen LogP contribution in [-0.2, 0) is 11.3 Å². The fraction of sp³-hybridized carbons (Fsp3) is 0.360. The van der Waals surface area contributed by atoms with E-state index < -0.39 is 5.60 Å². The third-order valence-corrected chi connectivity index (χ3v) is 5.72. The maximum atomic E-state index is 15.0. The van der Waals surface area contributed by atoms with Crippen LogP contribution in [0.4, 0.5) is 9.18 Å². The molecule has 5 nitrogen and oxygen atoms in total. The van der Waals surface area contributed by atoms with Gasteiger partial charge in [-0.2, -0.15) is 0 Å². The molecular weight excluding hydrogens is 429 g/mol. The number of amides is 1. The zero-order valence-corrected chi connectivity index (χ0v) is 19.2. The first-order valence-electron chi connectivity index (χ1n) is 10.6. The van der Waals surface area contributed by atoms with Crippen LogP contribution in [0, 0.1) is 11.9 Å². The van der Waals surface area contributed by atoms with E-state index in [2.05, 4.69) is 16.0 Å². The molecule has 32 heavy (non-hydrogen) atoms. The molecule has 0 saturated carbocycles. The van der Waals surface area contributed by atoms with Crippen molar-refractivity contribution >= 4 is 22.7 Å². The van der Waals surface area contributed by atoms with E-state index in [0.717, 1.165) is 34.8 Å². The molecule has 7 heteroatoms. The Morgan fingerprint density at radius 1 is 1.16 bits per heavy atom. The van der Waals surface area contributed by atoms with E-state index in [1.165, 1.54) is 6.20 Å². The lowest BCUT2D eigenvalue weighted by atomic mass is 10.0. The number of allylic oxidation sites excluding steroid dienone is 1. The van der Waals surface area contributed by atoms with Crippen molar-refractivity contribution in [3.8, 4) is 11.1 Å². The Bertz CT molecular complexity index is 1180. The zero-order chi connectivity index (χ0) is 22.9. The molecule has 2 heterocycles. The van der Waals surface area contributed by atoms with Crippen molar-refractivity contribution in [2.24, 2.45) is 4.99 Å². The summed E-state index contributed by atoms with van der Waals surface area (Å²) in [5.41, 5.74) is 1.66. The Morgan fingerprint density at radius 3 is 2.59 bits per heavy atom. The molecule has 0 atom stereocenters. The van der Waals surface area contributed by atoms with Gasteiger partial charge in [-0.05, 0) is 56.1 Å². The van der Waals surface area contributed by atoms with E-state index in [1.54, 1.807) is 17.0 Å². The molecule has 1 fully saturated rings. The zero-order valence-electron chi connectivity index (χ0n) is 18.5. The number of ether oxygens (including phenoxy) is 1. The summed E-state index contributed by atoms with van der Waals surface area (Å²) in [6, 6.07) is 10.9. The second-order valence-corrected chi connectivity index (χ2v) is 9.38. The van der Waals surface area contributed by atoms with E-state index in [-0.39, 0.29) is 11.9 Å². The molecule has 0 N–H and O–H groups in total. The lowest BCUT2D eigenvalue weighted by Gasteiger charge is -2.35. The monoisotopic (exact) mass is 454 g/mol. The van der Waals surface area contributed by atoms with Crippen LogP contribution in [-0.4, -0.2) is 47.7 Å². The van der Waals surface area contributed by atoms with E-state index in [4.69, 9.17) is 16.3 Å². The van der Waals surface area contributed by atoms with Gasteiger partial charge < -0.3 is 9.64 Å². The predicted octanol–water partition coefficient (Wildman–Crippen LogP) is 3.84. The molecule has 2 aromatic carbocycles. The Morgan fingerprint density at radius 2 is 1.91 bits per heavy atom. The molecule has 0 bridgehead atoms. The maximum Gasteiger partial charge on any atom is 0.410 e. The summed E-state index contributed by atoms with van der Waals surface area (Å²) < 4.78 is 20.4. The predicted molar refractivity (Wildman–Crippen MR) is 123 cm³/mol. The minimum atomic E-state index is -0.501. The van der Waals surface area contributed by atoms with Crippen LogP contribution in [0.15, 0.2) is 47.6 Å². The lowest BCUT2D eigenvalue weighted by molar-refractivity contribution is 0.0139. The number of carbonyl (C=O) groups excluding carboxylic acids is 1. The first kappa shape index (κ1) is 22.4. The molecular formula is C25H26ClFN3O2+. The number of piperazine rings is 1. The molecule has 0 radical (unpaired) electrons. The first-order chi connectivity index (χ1) is 15.2. The highest BCUT2D eigenvalue weighted by molar-refractivity contribution is 6.46. The average Bonchev–Trinajstić information content (AvgIpc) is 2.73. The van der Waals surface area contributed by atoms with Crippen LogP contribution in [0.25, 0.3) is 16.2 Å². The smallest absolute Gasteiger partial charge is 0.410 e. The molecule has 166 valence electrons. The van der Waals surface area contributed by atoms with Crippen LogP contribution in [0.5, 0.6) is 0 Å². The van der Waals surface area contributed by atoms with Crippen LogP contribution in [0.3, 0.4) is 0 Å². The van der Waals surface area contributed by atoms with E-state index >= 15 is 0 Å². The molecule has 1 amide bonds. The van der Waals surface area contributed by atoms with Crippen molar-refractivity contribution in [2.75, 3.05) is 26.2 Å². The van der Waals surface area contributed by atoms with Crippen LogP contribution < -0.4 is 10.6 Å². The molecule has 0 spiro atoms. The number of nitrogens with zero attached hydrogens (tertiary/aromatic N) is 3. The van der Waals surface area contributed by atoms with Crippen molar-refractivity contribution in [3.63, 3.8) is 0 Å². The summed E-state index contributed by atoms with van der Waals surface area (Å²) in [6.07, 6.45) is 4.12. The SMILES string of the molecule is CC(C)(C)OC(=O)N1CCN(Cc2ccc(-c3ccc4c(c3)=C(Cl)[C+]=CN=4)c(F)c2)CC1. The molecule has 1 saturated heterocycles. The summed E-state index contributed by atoms with van der Waals surface area (Å²) >= 11 is 6.22. The third kappa shape index (κ3) is 5.16. The fourth-order valence-electron chi connectivity index (χ4n) is 3.79. The third-order valence-electron chi connectivity index (χ3n) is 5.40.